The lowest BCUT2D eigenvalue weighted by Gasteiger charge is -2.58. The number of hydrogen-bond donors (Lipinski definition) is 0. The highest BCUT2D eigenvalue weighted by molar-refractivity contribution is 7.89. The largest absolute Gasteiger partial charge is 0.381 e. The molecule has 0 amide bonds. The lowest BCUT2D eigenvalue weighted by Crippen LogP contribution is -2.62. The molecule has 2 aromatic rings. The van der Waals surface area contributed by atoms with Crippen molar-refractivity contribution in [1.82, 2.24) is 8.87 Å². The molecular weight excluding hydrogens is 324 g/mol. The van der Waals surface area contributed by atoms with Gasteiger partial charge in [-0.25, -0.2) is 8.42 Å². The van der Waals surface area contributed by atoms with Crippen molar-refractivity contribution in [3.63, 3.8) is 0 Å². The molecule has 1 atom stereocenters. The van der Waals surface area contributed by atoms with Crippen molar-refractivity contribution >= 4 is 10.0 Å². The normalized spacial score (nSPS) is 24.0. The van der Waals surface area contributed by atoms with E-state index >= 15 is 0 Å². The molecule has 2 fully saturated rings. The highest BCUT2D eigenvalue weighted by Gasteiger charge is 2.58. The minimum absolute atomic E-state index is 0.00215. The number of ether oxygens (including phenoxy) is 1. The highest BCUT2D eigenvalue weighted by atomic mass is 32.2. The van der Waals surface area contributed by atoms with Gasteiger partial charge in [0.1, 0.15) is 5.03 Å². The van der Waals surface area contributed by atoms with Crippen LogP contribution in [0, 0.1) is 5.41 Å². The summed E-state index contributed by atoms with van der Waals surface area (Å²) in [5, 5.41) is 0.352. The second kappa shape index (κ2) is 5.72. The van der Waals surface area contributed by atoms with Crippen LogP contribution in [0.2, 0.25) is 0 Å². The van der Waals surface area contributed by atoms with Crippen molar-refractivity contribution in [2.45, 2.75) is 23.9 Å². The van der Waals surface area contributed by atoms with Gasteiger partial charge in [0.15, 0.2) is 0 Å². The molecule has 3 heterocycles. The molecule has 1 spiro atoms. The first kappa shape index (κ1) is 15.9. The minimum atomic E-state index is -3.51. The van der Waals surface area contributed by atoms with Gasteiger partial charge in [0, 0.05) is 38.4 Å². The molecule has 2 aliphatic rings. The zero-order valence-corrected chi connectivity index (χ0v) is 14.6. The fourth-order valence-corrected chi connectivity index (χ4v) is 6.07. The average molecular weight is 346 g/mol. The summed E-state index contributed by atoms with van der Waals surface area (Å²) in [6.07, 6.45) is 3.59. The number of aryl methyl sites for hydroxylation is 1. The minimum Gasteiger partial charge on any atom is -0.381 e. The van der Waals surface area contributed by atoms with Crippen LogP contribution in [0.4, 0.5) is 0 Å². The zero-order chi connectivity index (χ0) is 16.8. The van der Waals surface area contributed by atoms with Gasteiger partial charge in [-0.05, 0) is 30.5 Å². The summed E-state index contributed by atoms with van der Waals surface area (Å²) in [6.45, 7) is 1.99. The van der Waals surface area contributed by atoms with Gasteiger partial charge in [-0.1, -0.05) is 30.3 Å². The van der Waals surface area contributed by atoms with Crippen LogP contribution in [0.15, 0.2) is 53.7 Å². The van der Waals surface area contributed by atoms with Crippen LogP contribution < -0.4 is 0 Å². The summed E-state index contributed by atoms with van der Waals surface area (Å²) in [4.78, 5) is 0. The van der Waals surface area contributed by atoms with Crippen LogP contribution in [-0.4, -0.2) is 37.0 Å². The molecule has 0 saturated carbocycles. The molecule has 128 valence electrons. The van der Waals surface area contributed by atoms with Crippen LogP contribution in [0.5, 0.6) is 0 Å². The van der Waals surface area contributed by atoms with Crippen LogP contribution in [0.1, 0.15) is 24.4 Å². The van der Waals surface area contributed by atoms with E-state index in [-0.39, 0.29) is 11.5 Å². The van der Waals surface area contributed by atoms with Crippen molar-refractivity contribution < 1.29 is 13.2 Å². The molecule has 1 aromatic heterocycles. The summed E-state index contributed by atoms with van der Waals surface area (Å²) < 4.78 is 35.2. The summed E-state index contributed by atoms with van der Waals surface area (Å²) in [6, 6.07) is 13.3. The van der Waals surface area contributed by atoms with Crippen LogP contribution in [-0.2, 0) is 21.8 Å². The predicted octanol–water partition coefficient (Wildman–Crippen LogP) is 2.57. The molecule has 4 rings (SSSR count). The molecule has 0 aliphatic carbocycles. The number of benzene rings is 1. The van der Waals surface area contributed by atoms with Crippen LogP contribution in [0.25, 0.3) is 0 Å². The molecule has 0 N–H and O–H groups in total. The number of sulfonamides is 1. The van der Waals surface area contributed by atoms with Gasteiger partial charge < -0.3 is 9.30 Å². The molecule has 1 aromatic carbocycles. The fraction of sp³-hybridized carbons (Fsp3) is 0.444. The third-order valence-electron chi connectivity index (χ3n) is 5.41. The van der Waals surface area contributed by atoms with Gasteiger partial charge in [-0.2, -0.15) is 4.31 Å². The SMILES string of the molecule is Cn1cccc1S(=O)(=O)N1CC2(CCOCC2)C1c1ccccc1. The molecule has 2 saturated heterocycles. The average Bonchev–Trinajstić information content (AvgIpc) is 3.01. The number of nitrogens with zero attached hydrogens (tertiary/aromatic N) is 2. The van der Waals surface area contributed by atoms with E-state index in [0.29, 0.717) is 24.8 Å². The Morgan fingerprint density at radius 2 is 1.79 bits per heavy atom. The summed E-state index contributed by atoms with van der Waals surface area (Å²) in [7, 11) is -1.73. The third kappa shape index (κ3) is 2.32. The third-order valence-corrected chi connectivity index (χ3v) is 7.32. The van der Waals surface area contributed by atoms with E-state index in [1.165, 1.54) is 0 Å². The Labute approximate surface area is 142 Å². The molecule has 0 radical (unpaired) electrons. The maximum atomic E-state index is 13.2. The molecule has 6 heteroatoms. The molecule has 1 unspecified atom stereocenters. The predicted molar refractivity (Wildman–Crippen MR) is 91.0 cm³/mol. The maximum absolute atomic E-state index is 13.2. The second-order valence-corrected chi connectivity index (χ2v) is 8.63. The van der Waals surface area contributed by atoms with E-state index in [1.54, 1.807) is 34.2 Å². The Kier molecular flexibility index (Phi) is 3.78. The lowest BCUT2D eigenvalue weighted by molar-refractivity contribution is -0.0953. The lowest BCUT2D eigenvalue weighted by atomic mass is 9.65. The van der Waals surface area contributed by atoms with Crippen molar-refractivity contribution in [2.24, 2.45) is 12.5 Å². The quantitative estimate of drug-likeness (QED) is 0.858. The Morgan fingerprint density at radius 1 is 1.08 bits per heavy atom. The van der Waals surface area contributed by atoms with Crippen LogP contribution >= 0.6 is 0 Å². The Morgan fingerprint density at radius 3 is 2.42 bits per heavy atom. The van der Waals surface area contributed by atoms with E-state index in [2.05, 4.69) is 0 Å². The number of aromatic nitrogens is 1. The Balaban J connectivity index is 1.75. The molecule has 24 heavy (non-hydrogen) atoms. The Hall–Kier alpha value is -1.63. The van der Waals surface area contributed by atoms with Gasteiger partial charge in [0.2, 0.25) is 0 Å². The molecular formula is C18H22N2O3S. The fourth-order valence-electron chi connectivity index (χ4n) is 4.10. The van der Waals surface area contributed by atoms with Gasteiger partial charge in [0.25, 0.3) is 10.0 Å². The van der Waals surface area contributed by atoms with Crippen molar-refractivity contribution in [3.05, 3.63) is 54.2 Å². The van der Waals surface area contributed by atoms with Crippen molar-refractivity contribution in [2.75, 3.05) is 19.8 Å². The topological polar surface area (TPSA) is 51.5 Å². The first-order chi connectivity index (χ1) is 11.5. The molecule has 2 aliphatic heterocycles. The second-order valence-electron chi connectivity index (χ2n) is 6.80. The molecule has 5 nitrogen and oxygen atoms in total. The van der Waals surface area contributed by atoms with Crippen LogP contribution in [0.3, 0.4) is 0 Å². The standard InChI is InChI=1S/C18H22N2O3S/c1-19-11-5-8-16(19)24(21,22)20-14-18(9-12-23-13-10-18)17(20)15-6-3-2-4-7-15/h2-8,11,17H,9-10,12-14H2,1H3. The first-order valence-electron chi connectivity index (χ1n) is 8.30. The summed E-state index contributed by atoms with van der Waals surface area (Å²) >= 11 is 0. The van der Waals surface area contributed by atoms with E-state index in [1.807, 2.05) is 30.3 Å². The zero-order valence-electron chi connectivity index (χ0n) is 13.8. The summed E-state index contributed by atoms with van der Waals surface area (Å²) in [5.74, 6) is 0. The van der Waals surface area contributed by atoms with Crippen molar-refractivity contribution in [1.29, 1.82) is 0 Å². The van der Waals surface area contributed by atoms with E-state index in [4.69, 9.17) is 4.74 Å². The van der Waals surface area contributed by atoms with E-state index in [0.717, 1.165) is 18.4 Å². The Bertz CT molecular complexity index is 823. The van der Waals surface area contributed by atoms with Gasteiger partial charge >= 0.3 is 0 Å². The number of rotatable bonds is 3. The van der Waals surface area contributed by atoms with Gasteiger partial charge in [0.05, 0.1) is 6.04 Å². The maximum Gasteiger partial charge on any atom is 0.259 e. The molecule has 0 bridgehead atoms. The summed E-state index contributed by atoms with van der Waals surface area (Å²) in [5.41, 5.74) is 1.07. The van der Waals surface area contributed by atoms with E-state index < -0.39 is 10.0 Å². The smallest absolute Gasteiger partial charge is 0.259 e. The van der Waals surface area contributed by atoms with Gasteiger partial charge in [-0.15, -0.1) is 0 Å². The number of hydrogen-bond acceptors (Lipinski definition) is 3. The van der Waals surface area contributed by atoms with E-state index in [9.17, 15) is 8.42 Å². The van der Waals surface area contributed by atoms with Crippen molar-refractivity contribution in [3.8, 4) is 0 Å². The van der Waals surface area contributed by atoms with Gasteiger partial charge in [-0.3, -0.25) is 0 Å². The monoisotopic (exact) mass is 346 g/mol. The first-order valence-corrected chi connectivity index (χ1v) is 9.74. The highest BCUT2D eigenvalue weighted by Crippen LogP contribution is 2.56.